The number of likely N-dealkylation sites (tertiary alicyclic amines) is 2. The SMILES string of the molecule is Cc1ccccc1C(C(=O)O)N1CCC(CN2CCC(Oc3ccc(Cl)c(Cl)c3)CC2)CC1. The fourth-order valence-electron chi connectivity index (χ4n) is 5.09. The number of carboxylic acids is 1. The van der Waals surface area contributed by atoms with Gasteiger partial charge < -0.3 is 14.7 Å². The molecule has 2 heterocycles. The lowest BCUT2D eigenvalue weighted by molar-refractivity contribution is -0.144. The molecule has 5 nitrogen and oxygen atoms in total. The van der Waals surface area contributed by atoms with Gasteiger partial charge in [-0.3, -0.25) is 9.69 Å². The number of benzene rings is 2. The highest BCUT2D eigenvalue weighted by atomic mass is 35.5. The van der Waals surface area contributed by atoms with Gasteiger partial charge in [0.2, 0.25) is 0 Å². The van der Waals surface area contributed by atoms with E-state index in [9.17, 15) is 9.90 Å². The van der Waals surface area contributed by atoms with Crippen LogP contribution < -0.4 is 4.74 Å². The van der Waals surface area contributed by atoms with Crippen LogP contribution in [-0.2, 0) is 4.79 Å². The maximum Gasteiger partial charge on any atom is 0.325 e. The van der Waals surface area contributed by atoms with Crippen molar-refractivity contribution in [2.45, 2.75) is 44.8 Å². The highest BCUT2D eigenvalue weighted by Crippen LogP contribution is 2.31. The zero-order valence-corrected chi connectivity index (χ0v) is 20.6. The van der Waals surface area contributed by atoms with Gasteiger partial charge in [-0.05, 0) is 74.9 Å². The molecule has 0 saturated carbocycles. The predicted octanol–water partition coefficient (Wildman–Crippen LogP) is 5.68. The fourth-order valence-corrected chi connectivity index (χ4v) is 5.38. The van der Waals surface area contributed by atoms with Crippen LogP contribution in [0.15, 0.2) is 42.5 Å². The first-order valence-electron chi connectivity index (χ1n) is 11.8. The Bertz CT molecular complexity index is 954. The van der Waals surface area contributed by atoms with Crippen molar-refractivity contribution in [3.05, 3.63) is 63.6 Å². The van der Waals surface area contributed by atoms with Gasteiger partial charge in [0, 0.05) is 25.7 Å². The Hall–Kier alpha value is -1.79. The molecule has 0 spiro atoms. The molecule has 2 aliphatic heterocycles. The van der Waals surface area contributed by atoms with Crippen LogP contribution in [0.25, 0.3) is 0 Å². The van der Waals surface area contributed by atoms with Crippen LogP contribution in [0.3, 0.4) is 0 Å². The summed E-state index contributed by atoms with van der Waals surface area (Å²) in [7, 11) is 0. The molecule has 1 unspecified atom stereocenters. The first-order chi connectivity index (χ1) is 15.9. The van der Waals surface area contributed by atoms with Gasteiger partial charge in [0.1, 0.15) is 17.9 Å². The van der Waals surface area contributed by atoms with Crippen molar-refractivity contribution in [1.29, 1.82) is 0 Å². The number of aryl methyl sites for hydroxylation is 1. The third-order valence-corrected chi connectivity index (χ3v) is 7.72. The number of nitrogens with zero attached hydrogens (tertiary/aromatic N) is 2. The second-order valence-electron chi connectivity index (χ2n) is 9.27. The molecule has 1 atom stereocenters. The lowest BCUT2D eigenvalue weighted by atomic mass is 9.92. The maximum absolute atomic E-state index is 12.1. The molecule has 7 heteroatoms. The quantitative estimate of drug-likeness (QED) is 0.540. The normalized spacial score (nSPS) is 20.0. The first kappa shape index (κ1) is 24.3. The summed E-state index contributed by atoms with van der Waals surface area (Å²) < 4.78 is 6.11. The molecular weight excluding hydrogens is 459 g/mol. The molecule has 2 aromatic rings. The highest BCUT2D eigenvalue weighted by molar-refractivity contribution is 6.42. The van der Waals surface area contributed by atoms with E-state index in [-0.39, 0.29) is 6.10 Å². The van der Waals surface area contributed by atoms with Crippen LogP contribution in [0.1, 0.15) is 42.9 Å². The standard InChI is InChI=1S/C26H32Cl2N2O3/c1-18-4-2-3-5-22(18)25(26(31)32)30-14-8-19(9-15-30)17-29-12-10-20(11-13-29)33-21-6-7-23(27)24(28)16-21/h2-7,16,19-20,25H,8-15,17H2,1H3,(H,31,32). The minimum atomic E-state index is -0.758. The van der Waals surface area contributed by atoms with Crippen molar-refractivity contribution in [1.82, 2.24) is 9.80 Å². The van der Waals surface area contributed by atoms with E-state index in [2.05, 4.69) is 9.80 Å². The molecule has 2 aliphatic rings. The molecule has 0 radical (unpaired) electrons. The number of carboxylic acid groups (broad SMARTS) is 1. The number of aliphatic carboxylic acids is 1. The Kier molecular flexibility index (Phi) is 8.18. The number of piperidine rings is 2. The second-order valence-corrected chi connectivity index (χ2v) is 10.1. The van der Waals surface area contributed by atoms with Gasteiger partial charge in [-0.2, -0.15) is 0 Å². The Labute approximate surface area is 206 Å². The predicted molar refractivity (Wildman–Crippen MR) is 132 cm³/mol. The number of halogens is 2. The van der Waals surface area contributed by atoms with Crippen molar-refractivity contribution in [2.24, 2.45) is 5.92 Å². The van der Waals surface area contributed by atoms with E-state index in [1.54, 1.807) is 12.1 Å². The topological polar surface area (TPSA) is 53.0 Å². The summed E-state index contributed by atoms with van der Waals surface area (Å²) in [5.74, 6) is 0.628. The van der Waals surface area contributed by atoms with E-state index < -0.39 is 12.0 Å². The van der Waals surface area contributed by atoms with Gasteiger partial charge in [0.05, 0.1) is 10.0 Å². The molecule has 0 bridgehead atoms. The average Bonchev–Trinajstić information content (AvgIpc) is 2.80. The third-order valence-electron chi connectivity index (χ3n) is 6.98. The molecule has 178 valence electrons. The minimum absolute atomic E-state index is 0.200. The summed E-state index contributed by atoms with van der Waals surface area (Å²) in [5.41, 5.74) is 1.95. The van der Waals surface area contributed by atoms with E-state index in [0.29, 0.717) is 16.0 Å². The largest absolute Gasteiger partial charge is 0.490 e. The van der Waals surface area contributed by atoms with Crippen molar-refractivity contribution in [2.75, 3.05) is 32.7 Å². The van der Waals surface area contributed by atoms with E-state index in [0.717, 1.165) is 75.3 Å². The van der Waals surface area contributed by atoms with Gasteiger partial charge in [-0.25, -0.2) is 0 Å². The van der Waals surface area contributed by atoms with Crippen LogP contribution in [0.4, 0.5) is 0 Å². The van der Waals surface area contributed by atoms with Crippen molar-refractivity contribution in [3.63, 3.8) is 0 Å². The Morgan fingerprint density at radius 1 is 1.03 bits per heavy atom. The van der Waals surface area contributed by atoms with Crippen molar-refractivity contribution in [3.8, 4) is 5.75 Å². The molecule has 2 fully saturated rings. The minimum Gasteiger partial charge on any atom is -0.490 e. The fraction of sp³-hybridized carbons (Fsp3) is 0.500. The summed E-state index contributed by atoms with van der Waals surface area (Å²) in [6.45, 7) is 6.77. The van der Waals surface area contributed by atoms with E-state index in [1.165, 1.54) is 0 Å². The maximum atomic E-state index is 12.1. The number of hydrogen-bond donors (Lipinski definition) is 1. The Balaban J connectivity index is 1.24. The molecule has 0 aromatic heterocycles. The van der Waals surface area contributed by atoms with Crippen LogP contribution in [-0.4, -0.2) is 59.7 Å². The number of rotatable bonds is 7. The van der Waals surface area contributed by atoms with E-state index in [4.69, 9.17) is 27.9 Å². The van der Waals surface area contributed by atoms with Gasteiger partial charge in [-0.1, -0.05) is 47.5 Å². The zero-order chi connectivity index (χ0) is 23.4. The number of hydrogen-bond acceptors (Lipinski definition) is 4. The number of carbonyl (C=O) groups is 1. The van der Waals surface area contributed by atoms with E-state index >= 15 is 0 Å². The summed E-state index contributed by atoms with van der Waals surface area (Å²) in [6.07, 6.45) is 4.26. The van der Waals surface area contributed by atoms with Gasteiger partial charge >= 0.3 is 5.97 Å². The monoisotopic (exact) mass is 490 g/mol. The molecule has 1 N–H and O–H groups in total. The van der Waals surface area contributed by atoms with Gasteiger partial charge in [-0.15, -0.1) is 0 Å². The molecule has 2 aromatic carbocycles. The summed E-state index contributed by atoms with van der Waals surface area (Å²) >= 11 is 12.1. The van der Waals surface area contributed by atoms with Crippen LogP contribution >= 0.6 is 23.2 Å². The molecular formula is C26H32Cl2N2O3. The first-order valence-corrected chi connectivity index (χ1v) is 12.5. The molecule has 0 amide bonds. The molecule has 33 heavy (non-hydrogen) atoms. The molecule has 0 aliphatic carbocycles. The lowest BCUT2D eigenvalue weighted by Gasteiger charge is -2.39. The zero-order valence-electron chi connectivity index (χ0n) is 19.1. The summed E-state index contributed by atoms with van der Waals surface area (Å²) in [4.78, 5) is 16.7. The smallest absolute Gasteiger partial charge is 0.325 e. The highest BCUT2D eigenvalue weighted by Gasteiger charge is 2.32. The van der Waals surface area contributed by atoms with Gasteiger partial charge in [0.25, 0.3) is 0 Å². The van der Waals surface area contributed by atoms with Gasteiger partial charge in [0.15, 0.2) is 0 Å². The van der Waals surface area contributed by atoms with Crippen LogP contribution in [0, 0.1) is 12.8 Å². The molecule has 2 saturated heterocycles. The lowest BCUT2D eigenvalue weighted by Crippen LogP contribution is -2.45. The van der Waals surface area contributed by atoms with Crippen LogP contribution in [0.2, 0.25) is 10.0 Å². The Morgan fingerprint density at radius 3 is 2.36 bits per heavy atom. The van der Waals surface area contributed by atoms with Crippen molar-refractivity contribution >= 4 is 29.2 Å². The summed E-state index contributed by atoms with van der Waals surface area (Å²) in [5, 5.41) is 11.0. The third kappa shape index (κ3) is 6.21. The van der Waals surface area contributed by atoms with Crippen molar-refractivity contribution < 1.29 is 14.6 Å². The number of ether oxygens (including phenoxy) is 1. The van der Waals surface area contributed by atoms with Crippen LogP contribution in [0.5, 0.6) is 5.75 Å². The second kappa shape index (κ2) is 11.1. The Morgan fingerprint density at radius 2 is 1.73 bits per heavy atom. The molecule has 4 rings (SSSR count). The van der Waals surface area contributed by atoms with E-state index in [1.807, 2.05) is 37.3 Å². The average molecular weight is 491 g/mol. The summed E-state index contributed by atoms with van der Waals surface area (Å²) in [6, 6.07) is 12.7.